The Morgan fingerprint density at radius 3 is 2.30 bits per heavy atom. The molecule has 23 heavy (non-hydrogen) atoms. The van der Waals surface area contributed by atoms with E-state index in [1.165, 1.54) is 18.9 Å². The van der Waals surface area contributed by atoms with Crippen LogP contribution in [-0.2, 0) is 9.53 Å². The number of aryl methyl sites for hydroxylation is 1. The fourth-order valence-corrected chi connectivity index (χ4v) is 3.48. The first-order valence-electron chi connectivity index (χ1n) is 7.99. The predicted octanol–water partition coefficient (Wildman–Crippen LogP) is 0.485. The number of ketones is 2. The minimum absolute atomic E-state index is 0.0182. The first-order valence-corrected chi connectivity index (χ1v) is 7.99. The second kappa shape index (κ2) is 7.08. The molecule has 0 radical (unpaired) electrons. The standard InChI is InChI=1S/C17H24N2O4/c1-10-15(12(3)20)11(2)18-16(10)14(21)9-19-7-5-13(6-8-19)17(22)23-4/h13,18H,5-9H2,1-4H3/p+1. The Balaban J connectivity index is 2.00. The van der Waals surface area contributed by atoms with Crippen molar-refractivity contribution in [2.45, 2.75) is 33.6 Å². The van der Waals surface area contributed by atoms with Crippen molar-refractivity contribution in [3.8, 4) is 0 Å². The molecule has 0 bridgehead atoms. The third-order valence-electron chi connectivity index (χ3n) is 4.71. The van der Waals surface area contributed by atoms with Crippen LogP contribution in [0.15, 0.2) is 0 Å². The summed E-state index contributed by atoms with van der Waals surface area (Å²) < 4.78 is 4.78. The zero-order valence-electron chi connectivity index (χ0n) is 14.2. The number of Topliss-reactive ketones (excluding diaryl/α,β-unsaturated/α-hetero) is 2. The second-order valence-corrected chi connectivity index (χ2v) is 6.33. The summed E-state index contributed by atoms with van der Waals surface area (Å²) in [5, 5.41) is 0. The van der Waals surface area contributed by atoms with E-state index in [-0.39, 0.29) is 23.5 Å². The molecule has 1 fully saturated rings. The van der Waals surface area contributed by atoms with Gasteiger partial charge in [0.2, 0.25) is 5.78 Å². The minimum atomic E-state index is -0.155. The highest BCUT2D eigenvalue weighted by Gasteiger charge is 2.30. The number of carbonyl (C=O) groups is 3. The molecule has 1 aliphatic heterocycles. The molecule has 1 aromatic rings. The van der Waals surface area contributed by atoms with Crippen LogP contribution in [0.1, 0.15) is 51.9 Å². The topological polar surface area (TPSA) is 80.7 Å². The van der Waals surface area contributed by atoms with Gasteiger partial charge in [0.15, 0.2) is 5.78 Å². The van der Waals surface area contributed by atoms with Crippen molar-refractivity contribution in [2.24, 2.45) is 5.92 Å². The van der Waals surface area contributed by atoms with Crippen molar-refractivity contribution in [1.82, 2.24) is 4.98 Å². The van der Waals surface area contributed by atoms with Crippen LogP contribution in [0.25, 0.3) is 0 Å². The van der Waals surface area contributed by atoms with Crippen LogP contribution in [0.5, 0.6) is 0 Å². The smallest absolute Gasteiger partial charge is 0.309 e. The van der Waals surface area contributed by atoms with E-state index in [1.807, 2.05) is 13.8 Å². The molecule has 6 nitrogen and oxygen atoms in total. The van der Waals surface area contributed by atoms with Gasteiger partial charge in [-0.3, -0.25) is 14.4 Å². The summed E-state index contributed by atoms with van der Waals surface area (Å²) in [6.07, 6.45) is 1.49. The number of hydrogen-bond donors (Lipinski definition) is 2. The van der Waals surface area contributed by atoms with E-state index >= 15 is 0 Å². The molecule has 0 unspecified atom stereocenters. The van der Waals surface area contributed by atoms with Crippen molar-refractivity contribution in [3.63, 3.8) is 0 Å². The van der Waals surface area contributed by atoms with Crippen LogP contribution < -0.4 is 4.90 Å². The lowest BCUT2D eigenvalue weighted by Gasteiger charge is -2.27. The quantitative estimate of drug-likeness (QED) is 0.611. The van der Waals surface area contributed by atoms with Crippen LogP contribution in [0.3, 0.4) is 0 Å². The Labute approximate surface area is 136 Å². The average Bonchev–Trinajstić information content (AvgIpc) is 2.82. The molecule has 1 aliphatic rings. The van der Waals surface area contributed by atoms with E-state index in [1.54, 1.807) is 0 Å². The molecule has 126 valence electrons. The highest BCUT2D eigenvalue weighted by molar-refractivity contribution is 6.03. The molecule has 0 atom stereocenters. The normalized spacial score (nSPS) is 21.0. The highest BCUT2D eigenvalue weighted by Crippen LogP contribution is 2.18. The molecule has 0 aromatic carbocycles. The van der Waals surface area contributed by atoms with Crippen LogP contribution in [0.4, 0.5) is 0 Å². The first kappa shape index (κ1) is 17.4. The van der Waals surface area contributed by atoms with Gasteiger partial charge < -0.3 is 14.6 Å². The molecule has 1 aromatic heterocycles. The second-order valence-electron chi connectivity index (χ2n) is 6.33. The number of hydrogen-bond acceptors (Lipinski definition) is 4. The Morgan fingerprint density at radius 2 is 1.83 bits per heavy atom. The van der Waals surface area contributed by atoms with Crippen molar-refractivity contribution >= 4 is 17.5 Å². The lowest BCUT2D eigenvalue weighted by Crippen LogP contribution is -3.14. The summed E-state index contributed by atoms with van der Waals surface area (Å²) in [7, 11) is 1.41. The van der Waals surface area contributed by atoms with Crippen LogP contribution in [0.2, 0.25) is 0 Å². The molecule has 2 heterocycles. The molecule has 2 rings (SSSR count). The number of likely N-dealkylation sites (tertiary alicyclic amines) is 1. The maximum Gasteiger partial charge on any atom is 0.309 e. The van der Waals surface area contributed by atoms with Gasteiger partial charge in [-0.2, -0.15) is 0 Å². The SMILES string of the molecule is COC(=O)C1CC[NH+](CC(=O)c2[nH]c(C)c(C(C)=O)c2C)CC1. The summed E-state index contributed by atoms with van der Waals surface area (Å²) in [5.74, 6) is -0.207. The molecule has 0 amide bonds. The largest absolute Gasteiger partial charge is 0.469 e. The molecular weight excluding hydrogens is 296 g/mol. The molecular formula is C17H25N2O4+. The third-order valence-corrected chi connectivity index (χ3v) is 4.71. The van der Waals surface area contributed by atoms with Crippen molar-refractivity contribution in [1.29, 1.82) is 0 Å². The predicted molar refractivity (Wildman–Crippen MR) is 84.9 cm³/mol. The Bertz CT molecular complexity index is 625. The minimum Gasteiger partial charge on any atom is -0.469 e. The number of esters is 1. The molecule has 2 N–H and O–H groups in total. The monoisotopic (exact) mass is 321 g/mol. The maximum absolute atomic E-state index is 12.5. The fourth-order valence-electron chi connectivity index (χ4n) is 3.48. The molecule has 1 saturated heterocycles. The third kappa shape index (κ3) is 3.69. The molecule has 0 saturated carbocycles. The van der Waals surface area contributed by atoms with E-state index in [0.717, 1.165) is 37.2 Å². The van der Waals surface area contributed by atoms with Gasteiger partial charge in [-0.25, -0.2) is 0 Å². The van der Waals surface area contributed by atoms with Gasteiger partial charge >= 0.3 is 5.97 Å². The number of quaternary nitrogens is 1. The number of piperidine rings is 1. The average molecular weight is 321 g/mol. The van der Waals surface area contributed by atoms with E-state index in [2.05, 4.69) is 4.98 Å². The van der Waals surface area contributed by atoms with Crippen molar-refractivity contribution in [2.75, 3.05) is 26.7 Å². The van der Waals surface area contributed by atoms with Crippen molar-refractivity contribution in [3.05, 3.63) is 22.5 Å². The number of carbonyl (C=O) groups excluding carboxylic acids is 3. The first-order chi connectivity index (χ1) is 10.8. The van der Waals surface area contributed by atoms with E-state index in [0.29, 0.717) is 17.8 Å². The van der Waals surface area contributed by atoms with Crippen molar-refractivity contribution < 1.29 is 24.0 Å². The van der Waals surface area contributed by atoms with Gasteiger partial charge in [0.05, 0.1) is 31.8 Å². The van der Waals surface area contributed by atoms with Gasteiger partial charge in [0.1, 0.15) is 6.54 Å². The summed E-state index contributed by atoms with van der Waals surface area (Å²) >= 11 is 0. The van der Waals surface area contributed by atoms with Crippen LogP contribution in [0, 0.1) is 19.8 Å². The number of methoxy groups -OCH3 is 1. The maximum atomic E-state index is 12.5. The summed E-state index contributed by atoms with van der Waals surface area (Å²) in [6.45, 7) is 7.08. The number of rotatable bonds is 5. The fraction of sp³-hybridized carbons (Fsp3) is 0.588. The number of nitrogens with one attached hydrogen (secondary N) is 2. The summed E-state index contributed by atoms with van der Waals surface area (Å²) in [5.41, 5.74) is 2.64. The Kier molecular flexibility index (Phi) is 5.36. The zero-order chi connectivity index (χ0) is 17.1. The van der Waals surface area contributed by atoms with E-state index in [9.17, 15) is 14.4 Å². The number of aromatic nitrogens is 1. The van der Waals surface area contributed by atoms with Gasteiger partial charge in [0, 0.05) is 24.1 Å². The Morgan fingerprint density at radius 1 is 1.22 bits per heavy atom. The Hall–Kier alpha value is -1.95. The molecule has 0 aliphatic carbocycles. The van der Waals surface area contributed by atoms with Gasteiger partial charge in [-0.05, 0) is 26.3 Å². The van der Waals surface area contributed by atoms with E-state index < -0.39 is 0 Å². The number of aromatic amines is 1. The summed E-state index contributed by atoms with van der Waals surface area (Å²) in [6, 6.07) is 0. The molecule has 0 spiro atoms. The van der Waals surface area contributed by atoms with Gasteiger partial charge in [-0.1, -0.05) is 0 Å². The molecule has 6 heteroatoms. The highest BCUT2D eigenvalue weighted by atomic mass is 16.5. The van der Waals surface area contributed by atoms with E-state index in [4.69, 9.17) is 4.74 Å². The van der Waals surface area contributed by atoms with Crippen LogP contribution in [-0.4, -0.2) is 49.3 Å². The number of H-pyrrole nitrogens is 1. The van der Waals surface area contributed by atoms with Gasteiger partial charge in [-0.15, -0.1) is 0 Å². The lowest BCUT2D eigenvalue weighted by atomic mass is 9.96. The number of ether oxygens (including phenoxy) is 1. The van der Waals surface area contributed by atoms with Gasteiger partial charge in [0.25, 0.3) is 0 Å². The zero-order valence-corrected chi connectivity index (χ0v) is 14.2. The summed E-state index contributed by atoms with van der Waals surface area (Å²) in [4.78, 5) is 40.0. The lowest BCUT2D eigenvalue weighted by molar-refractivity contribution is -0.897. The van der Waals surface area contributed by atoms with Crippen LogP contribution >= 0.6 is 0 Å².